The topological polar surface area (TPSA) is 60.4 Å². The van der Waals surface area contributed by atoms with Gasteiger partial charge in [0.25, 0.3) is 0 Å². The summed E-state index contributed by atoms with van der Waals surface area (Å²) in [7, 11) is -2.28. The molecular weight excluding hydrogens is 228 g/mol. The van der Waals surface area contributed by atoms with Crippen LogP contribution in [0.1, 0.15) is 27.2 Å². The fraction of sp³-hybridized carbons (Fsp3) is 0.455. The molecule has 5 heteroatoms. The fourth-order valence-corrected chi connectivity index (χ4v) is 1.64. The van der Waals surface area contributed by atoms with Gasteiger partial charge in [0.1, 0.15) is 5.60 Å². The maximum absolute atomic E-state index is 11.6. The zero-order valence-corrected chi connectivity index (χ0v) is 10.3. The van der Waals surface area contributed by atoms with E-state index in [0.717, 1.165) is 0 Å². The van der Waals surface area contributed by atoms with Crippen molar-refractivity contribution >= 4 is 21.1 Å². The van der Waals surface area contributed by atoms with E-state index in [1.165, 1.54) is 12.2 Å². The van der Waals surface area contributed by atoms with Crippen molar-refractivity contribution in [3.05, 3.63) is 23.8 Å². The second-order valence-electron chi connectivity index (χ2n) is 4.43. The number of rotatable bonds is 1. The molecule has 4 nitrogen and oxygen atoms in total. The second-order valence-corrected chi connectivity index (χ2v) is 5.42. The smallest absolute Gasteiger partial charge is 0.334 e. The minimum Gasteiger partial charge on any atom is -0.457 e. The van der Waals surface area contributed by atoms with Gasteiger partial charge in [0.05, 0.1) is 4.86 Å². The van der Waals surface area contributed by atoms with Crippen LogP contribution in [0.25, 0.3) is 0 Å². The SMILES string of the molecule is CC(C)(C)OC(=O)C1=CC=CC(=S(=O)=O)C1. The Kier molecular flexibility index (Phi) is 3.70. The van der Waals surface area contributed by atoms with Crippen LogP contribution in [0.3, 0.4) is 0 Å². The molecule has 88 valence electrons. The first-order chi connectivity index (χ1) is 7.29. The molecule has 0 saturated carbocycles. The number of ether oxygens (including phenoxy) is 1. The zero-order chi connectivity index (χ0) is 12.3. The Morgan fingerprint density at radius 3 is 2.50 bits per heavy atom. The summed E-state index contributed by atoms with van der Waals surface area (Å²) in [5, 5.41) is 0. The highest BCUT2D eigenvalue weighted by molar-refractivity contribution is 7.73. The number of allylic oxidation sites excluding steroid dienone is 3. The molecule has 0 unspecified atom stereocenters. The highest BCUT2D eigenvalue weighted by atomic mass is 32.2. The van der Waals surface area contributed by atoms with E-state index in [1.54, 1.807) is 26.8 Å². The summed E-state index contributed by atoms with van der Waals surface area (Å²) in [6.07, 6.45) is 4.68. The van der Waals surface area contributed by atoms with Crippen LogP contribution in [-0.4, -0.2) is 24.9 Å². The van der Waals surface area contributed by atoms with E-state index >= 15 is 0 Å². The summed E-state index contributed by atoms with van der Waals surface area (Å²) in [5.74, 6) is -0.472. The number of esters is 1. The van der Waals surface area contributed by atoms with Crippen LogP contribution in [0.4, 0.5) is 0 Å². The quantitative estimate of drug-likeness (QED) is 0.513. The van der Waals surface area contributed by atoms with Crippen LogP contribution >= 0.6 is 0 Å². The number of hydrogen-bond donors (Lipinski definition) is 0. The third-order valence-electron chi connectivity index (χ3n) is 1.82. The van der Waals surface area contributed by atoms with Crippen molar-refractivity contribution in [2.24, 2.45) is 0 Å². The van der Waals surface area contributed by atoms with E-state index in [1.807, 2.05) is 0 Å². The number of carbonyl (C=O) groups is 1. The molecule has 0 aromatic rings. The zero-order valence-electron chi connectivity index (χ0n) is 9.48. The highest BCUT2D eigenvalue weighted by Gasteiger charge is 2.21. The molecule has 0 radical (unpaired) electrons. The molecule has 0 bridgehead atoms. The van der Waals surface area contributed by atoms with Gasteiger partial charge >= 0.3 is 5.97 Å². The summed E-state index contributed by atoms with van der Waals surface area (Å²) in [5.41, 5.74) is -0.216. The van der Waals surface area contributed by atoms with E-state index in [-0.39, 0.29) is 11.3 Å². The van der Waals surface area contributed by atoms with Gasteiger partial charge in [-0.3, -0.25) is 0 Å². The Hall–Kier alpha value is -1.36. The number of hydrogen-bond acceptors (Lipinski definition) is 4. The van der Waals surface area contributed by atoms with E-state index in [4.69, 9.17) is 4.74 Å². The Morgan fingerprint density at radius 1 is 1.38 bits per heavy atom. The van der Waals surface area contributed by atoms with Crippen LogP contribution in [0.5, 0.6) is 0 Å². The average molecular weight is 242 g/mol. The molecule has 0 spiro atoms. The van der Waals surface area contributed by atoms with Gasteiger partial charge in [0, 0.05) is 12.0 Å². The van der Waals surface area contributed by atoms with Gasteiger partial charge in [-0.2, -0.15) is 8.42 Å². The normalized spacial score (nSPS) is 15.7. The summed E-state index contributed by atoms with van der Waals surface area (Å²) in [4.78, 5) is 11.8. The molecule has 16 heavy (non-hydrogen) atoms. The van der Waals surface area contributed by atoms with Crippen LogP contribution in [0.2, 0.25) is 0 Å². The Labute approximate surface area is 96.1 Å². The molecule has 0 atom stereocenters. The van der Waals surface area contributed by atoms with Crippen molar-refractivity contribution < 1.29 is 17.9 Å². The number of carbonyl (C=O) groups excluding carboxylic acids is 1. The molecule has 0 aromatic carbocycles. The summed E-state index contributed by atoms with van der Waals surface area (Å²) in [6, 6.07) is 0. The lowest BCUT2D eigenvalue weighted by molar-refractivity contribution is -0.149. The maximum atomic E-state index is 11.6. The molecule has 0 aliphatic heterocycles. The van der Waals surface area contributed by atoms with Gasteiger partial charge in [0.15, 0.2) is 0 Å². The Balaban J connectivity index is 2.85. The molecule has 1 rings (SSSR count). The van der Waals surface area contributed by atoms with Crippen LogP contribution in [0.15, 0.2) is 23.8 Å². The van der Waals surface area contributed by atoms with E-state index < -0.39 is 21.9 Å². The fourth-order valence-electron chi connectivity index (χ4n) is 1.18. The molecule has 0 heterocycles. The third-order valence-corrected chi connectivity index (χ3v) is 2.53. The largest absolute Gasteiger partial charge is 0.457 e. The molecule has 1 aliphatic carbocycles. The van der Waals surface area contributed by atoms with Gasteiger partial charge in [0.2, 0.25) is 10.3 Å². The van der Waals surface area contributed by atoms with Gasteiger partial charge in [-0.15, -0.1) is 0 Å². The van der Waals surface area contributed by atoms with E-state index in [2.05, 4.69) is 0 Å². The minimum absolute atomic E-state index is 0.0987. The lowest BCUT2D eigenvalue weighted by Crippen LogP contribution is -2.26. The van der Waals surface area contributed by atoms with Crippen LogP contribution < -0.4 is 0 Å². The Morgan fingerprint density at radius 2 is 2.00 bits per heavy atom. The lowest BCUT2D eigenvalue weighted by atomic mass is 10.0. The first kappa shape index (κ1) is 12.7. The Bertz CT molecular complexity index is 479. The summed E-state index contributed by atoms with van der Waals surface area (Å²) >= 11 is 0. The van der Waals surface area contributed by atoms with Gasteiger partial charge in [-0.25, -0.2) is 4.79 Å². The van der Waals surface area contributed by atoms with Crippen molar-refractivity contribution in [1.82, 2.24) is 0 Å². The molecule has 0 aromatic heterocycles. The minimum atomic E-state index is -2.28. The highest BCUT2D eigenvalue weighted by Crippen LogP contribution is 2.16. The van der Waals surface area contributed by atoms with Crippen LogP contribution in [-0.2, 0) is 19.8 Å². The molecule has 1 aliphatic rings. The van der Waals surface area contributed by atoms with E-state index in [0.29, 0.717) is 5.57 Å². The standard InChI is InChI=1S/C11H14O4S/c1-11(2,3)15-10(12)8-5-4-6-9(7-8)16(13)14/h4-6H,7H2,1-3H3. The molecule has 0 amide bonds. The monoisotopic (exact) mass is 242 g/mol. The third kappa shape index (κ3) is 3.66. The lowest BCUT2D eigenvalue weighted by Gasteiger charge is -2.20. The van der Waals surface area contributed by atoms with Crippen molar-refractivity contribution in [2.75, 3.05) is 0 Å². The predicted molar refractivity (Wildman–Crippen MR) is 61.6 cm³/mol. The van der Waals surface area contributed by atoms with E-state index in [9.17, 15) is 13.2 Å². The first-order valence-electron chi connectivity index (χ1n) is 4.85. The molecule has 0 saturated heterocycles. The van der Waals surface area contributed by atoms with Crippen LogP contribution in [0, 0.1) is 0 Å². The molecule has 0 N–H and O–H groups in total. The van der Waals surface area contributed by atoms with Crippen molar-refractivity contribution in [2.45, 2.75) is 32.8 Å². The predicted octanol–water partition coefficient (Wildman–Crippen LogP) is 1.27. The molecule has 0 fully saturated rings. The van der Waals surface area contributed by atoms with Crippen molar-refractivity contribution in [1.29, 1.82) is 0 Å². The van der Waals surface area contributed by atoms with Gasteiger partial charge in [-0.05, 0) is 26.8 Å². The van der Waals surface area contributed by atoms with Gasteiger partial charge in [-0.1, -0.05) is 12.2 Å². The van der Waals surface area contributed by atoms with Crippen molar-refractivity contribution in [3.63, 3.8) is 0 Å². The van der Waals surface area contributed by atoms with Crippen molar-refractivity contribution in [3.8, 4) is 0 Å². The van der Waals surface area contributed by atoms with Gasteiger partial charge < -0.3 is 4.74 Å². The summed E-state index contributed by atoms with van der Waals surface area (Å²) < 4.78 is 26.6. The average Bonchev–Trinajstić information content (AvgIpc) is 2.15. The maximum Gasteiger partial charge on any atom is 0.334 e. The second kappa shape index (κ2) is 4.65. The molecular formula is C11H14O4S. The summed E-state index contributed by atoms with van der Waals surface area (Å²) in [6.45, 7) is 5.29. The first-order valence-corrected chi connectivity index (χ1v) is 5.93.